The van der Waals surface area contributed by atoms with E-state index in [9.17, 15) is 4.79 Å². The van der Waals surface area contributed by atoms with Crippen LogP contribution in [0.15, 0.2) is 12.3 Å². The van der Waals surface area contributed by atoms with E-state index in [2.05, 4.69) is 31.9 Å². The van der Waals surface area contributed by atoms with Gasteiger partial charge in [0.2, 0.25) is 0 Å². The highest BCUT2D eigenvalue weighted by Crippen LogP contribution is 2.47. The molecule has 1 heterocycles. The predicted octanol–water partition coefficient (Wildman–Crippen LogP) is 1.95. The molecule has 1 aliphatic rings. The summed E-state index contributed by atoms with van der Waals surface area (Å²) in [6.45, 7) is 0. The van der Waals surface area contributed by atoms with Crippen LogP contribution in [0, 0.1) is 5.92 Å². The Kier molecular flexibility index (Phi) is 3.07. The maximum absolute atomic E-state index is 11.2. The minimum absolute atomic E-state index is 0.0425. The van der Waals surface area contributed by atoms with E-state index >= 15 is 0 Å². The molecule has 14 heavy (non-hydrogen) atoms. The minimum atomic E-state index is -0.110. The van der Waals surface area contributed by atoms with Crippen LogP contribution in [0.5, 0.6) is 0 Å². The third-order valence-electron chi connectivity index (χ3n) is 2.37. The molecule has 1 aromatic heterocycles. The SMILES string of the molecule is COC(=O)[C@@H]1C[C@H]1c1ccn(PI)n1. The van der Waals surface area contributed by atoms with Gasteiger partial charge in [-0.05, 0) is 34.5 Å². The fourth-order valence-electron chi connectivity index (χ4n) is 1.52. The number of esters is 1. The Morgan fingerprint density at radius 3 is 3.21 bits per heavy atom. The highest BCUT2D eigenvalue weighted by atomic mass is 127. The van der Waals surface area contributed by atoms with Crippen molar-refractivity contribution in [2.45, 2.75) is 12.3 Å². The summed E-state index contributed by atoms with van der Waals surface area (Å²) >= 11 is 2.27. The van der Waals surface area contributed by atoms with Crippen molar-refractivity contribution in [1.29, 1.82) is 0 Å². The largest absolute Gasteiger partial charge is 0.469 e. The Hall–Kier alpha value is -0.160. The Labute approximate surface area is 96.7 Å². The normalized spacial score (nSPS) is 25.6. The number of aromatic nitrogens is 2. The first kappa shape index (κ1) is 10.4. The van der Waals surface area contributed by atoms with Gasteiger partial charge in [-0.2, -0.15) is 5.10 Å². The molecule has 2 rings (SSSR count). The lowest BCUT2D eigenvalue weighted by Gasteiger charge is -1.95. The lowest BCUT2D eigenvalue weighted by molar-refractivity contribution is -0.142. The second-order valence-electron chi connectivity index (χ2n) is 3.24. The Bertz CT molecular complexity index is 355. The van der Waals surface area contributed by atoms with Gasteiger partial charge in [0.15, 0.2) is 0 Å². The van der Waals surface area contributed by atoms with Crippen molar-refractivity contribution in [3.8, 4) is 0 Å². The lowest BCUT2D eigenvalue weighted by Crippen LogP contribution is -2.04. The fraction of sp³-hybridized carbons (Fsp3) is 0.500. The van der Waals surface area contributed by atoms with Crippen molar-refractivity contribution in [3.05, 3.63) is 18.0 Å². The number of methoxy groups -OCH3 is 1. The van der Waals surface area contributed by atoms with Crippen LogP contribution in [-0.4, -0.2) is 22.6 Å². The zero-order valence-electron chi connectivity index (χ0n) is 7.61. The van der Waals surface area contributed by atoms with Crippen molar-refractivity contribution >= 4 is 34.4 Å². The molecule has 0 radical (unpaired) electrons. The molecule has 76 valence electrons. The summed E-state index contributed by atoms with van der Waals surface area (Å²) in [5, 5.41) is 4.37. The number of halogens is 1. The summed E-state index contributed by atoms with van der Waals surface area (Å²) in [5.41, 5.74) is 1.02. The van der Waals surface area contributed by atoms with Crippen LogP contribution in [0.25, 0.3) is 0 Å². The number of carbonyl (C=O) groups is 1. The molecule has 0 spiro atoms. The topological polar surface area (TPSA) is 44.1 Å². The highest BCUT2D eigenvalue weighted by Gasteiger charge is 2.46. The Morgan fingerprint density at radius 2 is 2.64 bits per heavy atom. The molecule has 0 N–H and O–H groups in total. The van der Waals surface area contributed by atoms with Gasteiger partial charge < -0.3 is 4.74 Å². The van der Waals surface area contributed by atoms with E-state index in [0.717, 1.165) is 12.1 Å². The van der Waals surface area contributed by atoms with Crippen LogP contribution in [0.1, 0.15) is 18.0 Å². The molecule has 1 fully saturated rings. The van der Waals surface area contributed by atoms with Crippen molar-refractivity contribution in [1.82, 2.24) is 9.55 Å². The van der Waals surface area contributed by atoms with Gasteiger partial charge in [-0.3, -0.25) is 4.79 Å². The summed E-state index contributed by atoms with van der Waals surface area (Å²) in [4.78, 5) is 11.2. The predicted molar refractivity (Wildman–Crippen MR) is 62.8 cm³/mol. The smallest absolute Gasteiger partial charge is 0.309 e. The van der Waals surface area contributed by atoms with E-state index in [4.69, 9.17) is 0 Å². The van der Waals surface area contributed by atoms with E-state index in [0.29, 0.717) is 6.37 Å². The van der Waals surface area contributed by atoms with Crippen LogP contribution in [-0.2, 0) is 9.53 Å². The molecule has 0 amide bonds. The molecule has 1 aliphatic carbocycles. The zero-order valence-corrected chi connectivity index (χ0v) is 10.8. The number of carbonyl (C=O) groups excluding carboxylic acids is 1. The first-order valence-electron chi connectivity index (χ1n) is 4.26. The Morgan fingerprint density at radius 1 is 1.86 bits per heavy atom. The average molecular weight is 324 g/mol. The van der Waals surface area contributed by atoms with Crippen LogP contribution in [0.3, 0.4) is 0 Å². The second-order valence-corrected chi connectivity index (χ2v) is 5.32. The van der Waals surface area contributed by atoms with E-state index in [1.54, 1.807) is 0 Å². The molecule has 0 aromatic carbocycles. The third-order valence-corrected chi connectivity index (χ3v) is 4.28. The van der Waals surface area contributed by atoms with Gasteiger partial charge in [0.1, 0.15) is 0 Å². The van der Waals surface area contributed by atoms with Crippen LogP contribution in [0.2, 0.25) is 0 Å². The van der Waals surface area contributed by atoms with Gasteiger partial charge in [-0.25, -0.2) is 4.45 Å². The zero-order chi connectivity index (χ0) is 10.1. The highest BCUT2D eigenvalue weighted by molar-refractivity contribution is 14.2. The van der Waals surface area contributed by atoms with E-state index in [-0.39, 0.29) is 17.8 Å². The molecule has 1 unspecified atom stereocenters. The summed E-state index contributed by atoms with van der Waals surface area (Å²) in [5.74, 6) is 0.221. The maximum Gasteiger partial charge on any atom is 0.309 e. The van der Waals surface area contributed by atoms with E-state index < -0.39 is 0 Å². The molecule has 1 saturated carbocycles. The molecular weight excluding hydrogens is 314 g/mol. The number of nitrogens with zero attached hydrogens (tertiary/aromatic N) is 2. The summed E-state index contributed by atoms with van der Waals surface area (Å²) in [6, 6.07) is 1.99. The number of hydrogen-bond donors (Lipinski definition) is 0. The van der Waals surface area contributed by atoms with Crippen molar-refractivity contribution in [2.75, 3.05) is 7.11 Å². The van der Waals surface area contributed by atoms with Crippen LogP contribution in [0.4, 0.5) is 0 Å². The van der Waals surface area contributed by atoms with Gasteiger partial charge in [0.05, 0.1) is 25.1 Å². The molecular formula is C8H10IN2O2P. The molecule has 1 aromatic rings. The summed E-state index contributed by atoms with van der Waals surface area (Å²) < 4.78 is 6.58. The van der Waals surface area contributed by atoms with Crippen LogP contribution >= 0.6 is 28.4 Å². The second kappa shape index (κ2) is 4.14. The van der Waals surface area contributed by atoms with Gasteiger partial charge in [0, 0.05) is 12.1 Å². The van der Waals surface area contributed by atoms with Gasteiger partial charge in [-0.1, -0.05) is 0 Å². The quantitative estimate of drug-likeness (QED) is 0.485. The lowest BCUT2D eigenvalue weighted by atomic mass is 10.2. The molecule has 6 heteroatoms. The molecule has 0 saturated heterocycles. The van der Waals surface area contributed by atoms with Crippen molar-refractivity contribution in [2.24, 2.45) is 5.92 Å². The molecule has 3 atom stereocenters. The maximum atomic E-state index is 11.2. The van der Waals surface area contributed by atoms with E-state index in [1.807, 2.05) is 16.7 Å². The monoisotopic (exact) mass is 324 g/mol. The Balaban J connectivity index is 2.02. The molecule has 0 aliphatic heterocycles. The van der Waals surface area contributed by atoms with Crippen molar-refractivity contribution in [3.63, 3.8) is 0 Å². The summed E-state index contributed by atoms with van der Waals surface area (Å²) in [6.07, 6.45) is 3.45. The van der Waals surface area contributed by atoms with Gasteiger partial charge >= 0.3 is 5.97 Å². The standard InChI is InChI=1S/C8H10IN2O2P/c1-13-8(12)6-4-5(6)7-2-3-11(10-7)14-9/h2-3,5-6,14H,4H2,1H3/t5-,6-/m1/s1. The van der Waals surface area contributed by atoms with Crippen molar-refractivity contribution < 1.29 is 9.53 Å². The number of rotatable bonds is 3. The average Bonchev–Trinajstić information content (AvgIpc) is 2.87. The van der Waals surface area contributed by atoms with E-state index in [1.165, 1.54) is 7.11 Å². The van der Waals surface area contributed by atoms with Crippen LogP contribution < -0.4 is 0 Å². The fourth-order valence-corrected chi connectivity index (χ4v) is 2.61. The number of hydrogen-bond acceptors (Lipinski definition) is 3. The molecule has 0 bridgehead atoms. The van der Waals surface area contributed by atoms with Gasteiger partial charge in [0.25, 0.3) is 0 Å². The van der Waals surface area contributed by atoms with Gasteiger partial charge in [-0.15, -0.1) is 0 Å². The molecule has 4 nitrogen and oxygen atoms in total. The minimum Gasteiger partial charge on any atom is -0.469 e. The first-order chi connectivity index (χ1) is 6.76. The first-order valence-corrected chi connectivity index (χ1v) is 8.32. The third kappa shape index (κ3) is 1.93. The number of ether oxygens (including phenoxy) is 1. The summed E-state index contributed by atoms with van der Waals surface area (Å²) in [7, 11) is 1.43.